The maximum Gasteiger partial charge on any atom is 0.130 e. The fraction of sp³-hybridized carbons (Fsp3) is 0.786. The van der Waals surface area contributed by atoms with Gasteiger partial charge in [0.15, 0.2) is 0 Å². The first kappa shape index (κ1) is 26.7. The number of rotatable bonds is 21. The van der Waals surface area contributed by atoms with Gasteiger partial charge in [0.2, 0.25) is 0 Å². The van der Waals surface area contributed by atoms with Crippen molar-refractivity contribution in [3.8, 4) is 0 Å². The van der Waals surface area contributed by atoms with E-state index in [1.807, 2.05) is 0 Å². The van der Waals surface area contributed by atoms with Gasteiger partial charge in [0.25, 0.3) is 0 Å². The molecule has 0 bridgehead atoms. The van der Waals surface area contributed by atoms with Crippen molar-refractivity contribution in [3.63, 3.8) is 0 Å². The van der Waals surface area contributed by atoms with Gasteiger partial charge in [-0.15, -0.1) is 5.10 Å². The van der Waals surface area contributed by atoms with E-state index >= 15 is 0 Å². The summed E-state index contributed by atoms with van der Waals surface area (Å²) in [6, 6.07) is 6.41. The van der Waals surface area contributed by atoms with E-state index in [-0.39, 0.29) is 0 Å². The molecule has 0 amide bonds. The topological polar surface area (TPSA) is 39.9 Å². The minimum atomic E-state index is 0.717. The van der Waals surface area contributed by atoms with E-state index in [2.05, 4.69) is 42.4 Å². The molecule has 32 heavy (non-hydrogen) atoms. The lowest BCUT2D eigenvalue weighted by Gasteiger charge is -2.06. The molecule has 4 nitrogen and oxygen atoms in total. The highest BCUT2D eigenvalue weighted by Gasteiger charge is 2.06. The van der Waals surface area contributed by atoms with Crippen LogP contribution in [0.3, 0.4) is 0 Å². The number of fused-ring (bicyclic) bond motifs is 1. The highest BCUT2D eigenvalue weighted by Crippen LogP contribution is 2.16. The Morgan fingerprint density at radius 1 is 0.656 bits per heavy atom. The van der Waals surface area contributed by atoms with Gasteiger partial charge in [-0.1, -0.05) is 121 Å². The predicted molar refractivity (Wildman–Crippen MR) is 137 cm³/mol. The number of nitrogens with zero attached hydrogens (tertiary/aromatic N) is 3. The van der Waals surface area contributed by atoms with Crippen LogP contribution in [0.5, 0.6) is 0 Å². The van der Waals surface area contributed by atoms with Crippen LogP contribution in [0.2, 0.25) is 0 Å². The number of aromatic nitrogens is 3. The average molecular weight is 444 g/mol. The number of hydrogen-bond donors (Lipinski definition) is 0. The van der Waals surface area contributed by atoms with Crippen molar-refractivity contribution in [1.82, 2.24) is 15.2 Å². The Morgan fingerprint density at radius 3 is 1.75 bits per heavy atom. The van der Waals surface area contributed by atoms with Gasteiger partial charge in [-0.2, -0.15) is 0 Å². The molecule has 0 aliphatic rings. The second-order valence-electron chi connectivity index (χ2n) is 9.53. The molecule has 0 atom stereocenters. The summed E-state index contributed by atoms with van der Waals surface area (Å²) in [5, 5.41) is 8.44. The molecule has 2 aromatic rings. The molecule has 0 aliphatic carbocycles. The Morgan fingerprint density at radius 2 is 1.19 bits per heavy atom. The maximum absolute atomic E-state index is 5.84. The molecule has 0 saturated heterocycles. The van der Waals surface area contributed by atoms with Gasteiger partial charge in [0.05, 0.1) is 0 Å². The van der Waals surface area contributed by atoms with Crippen LogP contribution in [-0.4, -0.2) is 21.8 Å². The summed E-state index contributed by atoms with van der Waals surface area (Å²) in [4.78, 5) is 7.44. The molecule has 0 radical (unpaired) electrons. The molecule has 4 heteroatoms. The Bertz CT molecular complexity index is 697. The number of benzene rings is 1. The zero-order valence-corrected chi connectivity index (χ0v) is 21.1. The molecule has 0 aliphatic heterocycles. The van der Waals surface area contributed by atoms with Crippen molar-refractivity contribution in [2.45, 2.75) is 136 Å². The lowest BCUT2D eigenvalue weighted by molar-refractivity contribution is 0.0843. The number of unbranched alkanes of at least 4 members (excludes halogenated alkanes) is 16. The van der Waals surface area contributed by atoms with E-state index in [0.29, 0.717) is 6.61 Å². The van der Waals surface area contributed by atoms with Crippen molar-refractivity contribution in [3.05, 3.63) is 23.8 Å². The van der Waals surface area contributed by atoms with Crippen LogP contribution in [0, 0.1) is 0 Å². The summed E-state index contributed by atoms with van der Waals surface area (Å²) in [6.07, 6.45) is 25.7. The van der Waals surface area contributed by atoms with E-state index < -0.39 is 0 Å². The van der Waals surface area contributed by atoms with Crippen molar-refractivity contribution < 1.29 is 4.84 Å². The van der Waals surface area contributed by atoms with E-state index in [1.54, 1.807) is 4.85 Å². The maximum atomic E-state index is 5.84. The molecule has 2 rings (SSSR count). The summed E-state index contributed by atoms with van der Waals surface area (Å²) >= 11 is 0. The van der Waals surface area contributed by atoms with Crippen molar-refractivity contribution in [2.24, 2.45) is 0 Å². The zero-order valence-electron chi connectivity index (χ0n) is 21.1. The van der Waals surface area contributed by atoms with Crippen LogP contribution in [0.4, 0.5) is 0 Å². The average Bonchev–Trinajstić information content (AvgIpc) is 3.22. The first-order valence-electron chi connectivity index (χ1n) is 13.8. The van der Waals surface area contributed by atoms with Crippen LogP contribution in [-0.2, 0) is 6.42 Å². The van der Waals surface area contributed by atoms with Crippen LogP contribution < -0.4 is 4.84 Å². The van der Waals surface area contributed by atoms with Crippen LogP contribution in [0.15, 0.2) is 18.2 Å². The van der Waals surface area contributed by atoms with E-state index in [1.165, 1.54) is 115 Å². The van der Waals surface area contributed by atoms with Crippen molar-refractivity contribution in [1.29, 1.82) is 0 Å². The molecule has 1 aromatic carbocycles. The molecule has 182 valence electrons. The number of hydrogen-bond acceptors (Lipinski definition) is 3. The van der Waals surface area contributed by atoms with Gasteiger partial charge in [-0.3, -0.25) is 0 Å². The fourth-order valence-electron chi connectivity index (χ4n) is 4.38. The largest absolute Gasteiger partial charge is 0.395 e. The summed E-state index contributed by atoms with van der Waals surface area (Å²) in [5.41, 5.74) is 3.25. The highest BCUT2D eigenvalue weighted by atomic mass is 16.7. The van der Waals surface area contributed by atoms with Gasteiger partial charge < -0.3 is 4.84 Å². The highest BCUT2D eigenvalue weighted by molar-refractivity contribution is 5.74. The standard InChI is InChI=1S/C28H49N3O/c1-3-5-7-8-9-10-11-12-13-14-15-16-17-18-19-20-24-32-31-28-23-22-26(21-6-4-2)25-27(28)29-30-31/h22-23,25H,3-21,24H2,1-2H3. The lowest BCUT2D eigenvalue weighted by Crippen LogP contribution is -2.14. The third-order valence-corrected chi connectivity index (χ3v) is 6.51. The molecule has 1 aromatic heterocycles. The monoisotopic (exact) mass is 443 g/mol. The first-order valence-corrected chi connectivity index (χ1v) is 13.8. The molecule has 0 fully saturated rings. The Hall–Kier alpha value is -1.58. The third kappa shape index (κ3) is 11.3. The fourth-order valence-corrected chi connectivity index (χ4v) is 4.38. The zero-order chi connectivity index (χ0) is 22.7. The smallest absolute Gasteiger partial charge is 0.130 e. The quantitative estimate of drug-likeness (QED) is 0.182. The Labute approximate surface area is 197 Å². The van der Waals surface area contributed by atoms with Gasteiger partial charge in [-0.05, 0) is 48.6 Å². The van der Waals surface area contributed by atoms with Gasteiger partial charge >= 0.3 is 0 Å². The summed E-state index contributed by atoms with van der Waals surface area (Å²) in [6.45, 7) is 5.23. The van der Waals surface area contributed by atoms with Crippen molar-refractivity contribution in [2.75, 3.05) is 6.61 Å². The molecular formula is C28H49N3O. The summed E-state index contributed by atoms with van der Waals surface area (Å²) in [7, 11) is 0. The minimum Gasteiger partial charge on any atom is -0.395 e. The minimum absolute atomic E-state index is 0.717. The van der Waals surface area contributed by atoms with E-state index in [9.17, 15) is 0 Å². The van der Waals surface area contributed by atoms with Crippen LogP contribution >= 0.6 is 0 Å². The van der Waals surface area contributed by atoms with Crippen LogP contribution in [0.1, 0.15) is 135 Å². The number of aryl methyl sites for hydroxylation is 1. The van der Waals surface area contributed by atoms with E-state index in [4.69, 9.17) is 4.84 Å². The molecule has 0 N–H and O–H groups in total. The molecule has 0 unspecified atom stereocenters. The predicted octanol–water partition coefficient (Wildman–Crippen LogP) is 8.46. The van der Waals surface area contributed by atoms with Crippen LogP contribution in [0.25, 0.3) is 11.0 Å². The Kier molecular flexibility index (Phi) is 14.9. The SMILES string of the molecule is CCCCCCCCCCCCCCCCCCOn1nnc2cc(CCCC)ccc21. The molecule has 0 spiro atoms. The molecular weight excluding hydrogens is 394 g/mol. The third-order valence-electron chi connectivity index (χ3n) is 6.51. The second-order valence-corrected chi connectivity index (χ2v) is 9.53. The van der Waals surface area contributed by atoms with Gasteiger partial charge in [0, 0.05) is 0 Å². The molecule has 0 saturated carbocycles. The lowest BCUT2D eigenvalue weighted by atomic mass is 10.0. The summed E-state index contributed by atoms with van der Waals surface area (Å²) in [5.74, 6) is 0. The van der Waals surface area contributed by atoms with Gasteiger partial charge in [-0.25, -0.2) is 0 Å². The molecule has 1 heterocycles. The van der Waals surface area contributed by atoms with Crippen molar-refractivity contribution >= 4 is 11.0 Å². The summed E-state index contributed by atoms with van der Waals surface area (Å²) < 4.78 is 0. The first-order chi connectivity index (χ1) is 15.8. The normalized spacial score (nSPS) is 11.4. The van der Waals surface area contributed by atoms with Gasteiger partial charge in [0.1, 0.15) is 17.6 Å². The Balaban J connectivity index is 1.40. The second kappa shape index (κ2) is 17.9. The van der Waals surface area contributed by atoms with E-state index in [0.717, 1.165) is 23.9 Å².